The molecule has 3 aromatic rings. The summed E-state index contributed by atoms with van der Waals surface area (Å²) in [5.74, 6) is -1.19. The second-order valence-electron chi connectivity index (χ2n) is 6.97. The highest BCUT2D eigenvalue weighted by atomic mass is 19.4. The number of aliphatic imine (C=N–C) groups is 1. The van der Waals surface area contributed by atoms with Crippen LogP contribution in [0.25, 0.3) is 22.6 Å². The minimum Gasteiger partial charge on any atom is -0.364 e. The van der Waals surface area contributed by atoms with Crippen molar-refractivity contribution in [1.29, 1.82) is 0 Å². The lowest BCUT2D eigenvalue weighted by Crippen LogP contribution is -2.23. The summed E-state index contributed by atoms with van der Waals surface area (Å²) in [6.07, 6.45) is -6.20. The quantitative estimate of drug-likeness (QED) is 0.546. The third kappa shape index (κ3) is 4.62. The number of anilines is 1. The van der Waals surface area contributed by atoms with Crippen molar-refractivity contribution in [2.75, 3.05) is 5.32 Å². The fourth-order valence-electron chi connectivity index (χ4n) is 3.06. The highest BCUT2D eigenvalue weighted by molar-refractivity contribution is 5.91. The number of nitrogens with two attached hydrogens (primary N) is 1. The number of amides is 1. The second-order valence-corrected chi connectivity index (χ2v) is 6.97. The van der Waals surface area contributed by atoms with Gasteiger partial charge in [-0.2, -0.15) is 26.3 Å². The average molecular weight is 482 g/mol. The molecular formula is C19H12F6N8O. The monoisotopic (exact) mass is 482 g/mol. The Morgan fingerprint density at radius 3 is 2.47 bits per heavy atom. The highest BCUT2D eigenvalue weighted by Crippen LogP contribution is 2.36. The van der Waals surface area contributed by atoms with Gasteiger partial charge in [-0.15, -0.1) is 10.2 Å². The lowest BCUT2D eigenvalue weighted by Gasteiger charge is -2.19. The van der Waals surface area contributed by atoms with Crippen molar-refractivity contribution in [2.24, 2.45) is 10.7 Å². The van der Waals surface area contributed by atoms with Gasteiger partial charge in [0.1, 0.15) is 23.1 Å². The van der Waals surface area contributed by atoms with E-state index < -0.39 is 46.9 Å². The van der Waals surface area contributed by atoms with Crippen molar-refractivity contribution in [3.05, 3.63) is 47.4 Å². The van der Waals surface area contributed by atoms with Crippen LogP contribution in [0.2, 0.25) is 0 Å². The predicted octanol–water partition coefficient (Wildman–Crippen LogP) is 3.30. The summed E-state index contributed by atoms with van der Waals surface area (Å²) in [5.41, 5.74) is 1.54. The third-order valence-electron chi connectivity index (χ3n) is 4.65. The van der Waals surface area contributed by atoms with Crippen molar-refractivity contribution in [3.8, 4) is 11.4 Å². The molecule has 0 bridgehead atoms. The number of primary amides is 1. The summed E-state index contributed by atoms with van der Waals surface area (Å²) < 4.78 is 78.8. The second kappa shape index (κ2) is 8.31. The Labute approximate surface area is 185 Å². The highest BCUT2D eigenvalue weighted by Gasteiger charge is 2.37. The van der Waals surface area contributed by atoms with Crippen LogP contribution in [0.15, 0.2) is 41.2 Å². The smallest absolute Gasteiger partial charge is 0.364 e. The Balaban J connectivity index is 1.67. The van der Waals surface area contributed by atoms with E-state index in [1.807, 2.05) is 0 Å². The van der Waals surface area contributed by atoms with Crippen LogP contribution in [-0.4, -0.2) is 49.6 Å². The molecule has 9 nitrogen and oxygen atoms in total. The number of hydrogen-bond donors (Lipinski definition) is 2. The van der Waals surface area contributed by atoms with E-state index in [0.717, 1.165) is 12.3 Å². The van der Waals surface area contributed by atoms with Gasteiger partial charge in [0.05, 0.1) is 23.0 Å². The van der Waals surface area contributed by atoms with Crippen molar-refractivity contribution in [1.82, 2.24) is 25.1 Å². The Morgan fingerprint density at radius 2 is 1.85 bits per heavy atom. The van der Waals surface area contributed by atoms with Gasteiger partial charge in [-0.05, 0) is 12.1 Å². The number of aromatic nitrogens is 5. The molecule has 1 atom stereocenters. The number of fused-ring (bicyclic) bond motifs is 1. The molecule has 1 aliphatic rings. The summed E-state index contributed by atoms with van der Waals surface area (Å²) in [6, 6.07) is 1.93. The summed E-state index contributed by atoms with van der Waals surface area (Å²) in [4.78, 5) is 27.2. The van der Waals surface area contributed by atoms with Gasteiger partial charge in [0, 0.05) is 18.8 Å². The Morgan fingerprint density at radius 1 is 1.09 bits per heavy atom. The van der Waals surface area contributed by atoms with Gasteiger partial charge < -0.3 is 11.1 Å². The molecule has 3 aromatic heterocycles. The summed E-state index contributed by atoms with van der Waals surface area (Å²) in [5, 5.41) is 9.75. The number of allylic oxidation sites excluding steroid dienone is 1. The van der Waals surface area contributed by atoms with Gasteiger partial charge in [0.2, 0.25) is 0 Å². The fraction of sp³-hybridized carbons (Fsp3) is 0.211. The number of nitrogens with zero attached hydrogens (tertiary/aromatic N) is 6. The lowest BCUT2D eigenvalue weighted by atomic mass is 10.1. The molecule has 3 N–H and O–H groups in total. The Bertz CT molecular complexity index is 1330. The molecule has 4 heterocycles. The predicted molar refractivity (Wildman–Crippen MR) is 107 cm³/mol. The first-order valence-corrected chi connectivity index (χ1v) is 9.37. The van der Waals surface area contributed by atoms with E-state index in [0.29, 0.717) is 18.0 Å². The maximum atomic E-state index is 13.5. The van der Waals surface area contributed by atoms with Crippen molar-refractivity contribution in [3.63, 3.8) is 0 Å². The van der Waals surface area contributed by atoms with Gasteiger partial charge in [0.15, 0.2) is 11.3 Å². The molecule has 0 aliphatic carbocycles. The van der Waals surface area contributed by atoms with E-state index in [4.69, 9.17) is 5.73 Å². The SMILES string of the molecule is NC(=O)c1cc(C(F)(F)F)c(-c2cnc3c(NC4CC=C(C(F)(F)F)C=N4)ccnc3n2)nn1. The van der Waals surface area contributed by atoms with Crippen LogP contribution in [0.4, 0.5) is 32.0 Å². The van der Waals surface area contributed by atoms with Crippen LogP contribution in [0.5, 0.6) is 0 Å². The topological polar surface area (TPSA) is 132 Å². The first kappa shape index (κ1) is 23.0. The number of carbonyl (C=O) groups is 1. The first-order valence-electron chi connectivity index (χ1n) is 9.37. The van der Waals surface area contributed by atoms with Crippen molar-refractivity contribution >= 4 is 29.0 Å². The summed E-state index contributed by atoms with van der Waals surface area (Å²) >= 11 is 0. The van der Waals surface area contributed by atoms with Crippen molar-refractivity contribution in [2.45, 2.75) is 24.9 Å². The number of hydrogen-bond acceptors (Lipinski definition) is 8. The van der Waals surface area contributed by atoms with E-state index in [1.165, 1.54) is 12.3 Å². The van der Waals surface area contributed by atoms with Gasteiger partial charge in [-0.3, -0.25) is 9.79 Å². The van der Waals surface area contributed by atoms with E-state index in [9.17, 15) is 31.1 Å². The van der Waals surface area contributed by atoms with Crippen LogP contribution in [0, 0.1) is 0 Å². The molecule has 1 amide bonds. The number of nitrogens with one attached hydrogen (secondary N) is 1. The van der Waals surface area contributed by atoms with Gasteiger partial charge >= 0.3 is 12.4 Å². The largest absolute Gasteiger partial charge is 0.418 e. The van der Waals surface area contributed by atoms with Crippen LogP contribution < -0.4 is 11.1 Å². The molecule has 1 unspecified atom stereocenters. The first-order chi connectivity index (χ1) is 15.9. The standard InChI is InChI=1S/C19H12F6N8O/c20-18(21,22)8-1-2-13(28-6-8)30-10-3-4-27-17-15(10)29-7-12(31-17)14-9(19(23,24)25)5-11(16(26)34)32-33-14/h1,3-7,13H,2H2,(H2,26,34)(H,27,30,31). The van der Waals surface area contributed by atoms with Gasteiger partial charge in [0.25, 0.3) is 5.91 Å². The molecule has 0 radical (unpaired) electrons. The molecule has 0 fully saturated rings. The molecule has 0 spiro atoms. The maximum absolute atomic E-state index is 13.5. The molecule has 0 saturated carbocycles. The molecule has 0 aromatic carbocycles. The summed E-state index contributed by atoms with van der Waals surface area (Å²) in [6.45, 7) is 0. The van der Waals surface area contributed by atoms with Crippen molar-refractivity contribution < 1.29 is 31.1 Å². The minimum atomic E-state index is -4.90. The molecule has 4 rings (SSSR count). The molecule has 1 aliphatic heterocycles. The molecule has 176 valence electrons. The van der Waals surface area contributed by atoms with E-state index >= 15 is 0 Å². The van der Waals surface area contributed by atoms with E-state index in [2.05, 4.69) is 35.5 Å². The molecular weight excluding hydrogens is 470 g/mol. The van der Waals surface area contributed by atoms with Gasteiger partial charge in [-0.1, -0.05) is 6.08 Å². The third-order valence-corrected chi connectivity index (χ3v) is 4.65. The van der Waals surface area contributed by atoms with Crippen LogP contribution in [0.3, 0.4) is 0 Å². The van der Waals surface area contributed by atoms with E-state index in [1.54, 1.807) is 0 Å². The zero-order valence-corrected chi connectivity index (χ0v) is 16.7. The summed E-state index contributed by atoms with van der Waals surface area (Å²) in [7, 11) is 0. The molecule has 34 heavy (non-hydrogen) atoms. The molecule has 15 heteroatoms. The van der Waals surface area contributed by atoms with Crippen LogP contribution in [0.1, 0.15) is 22.5 Å². The number of carbonyl (C=O) groups excluding carboxylic acids is 1. The number of dihydropyridines is 1. The zero-order valence-electron chi connectivity index (χ0n) is 16.7. The fourth-order valence-corrected chi connectivity index (χ4v) is 3.06. The maximum Gasteiger partial charge on any atom is 0.418 e. The number of pyridine rings is 1. The van der Waals surface area contributed by atoms with E-state index in [-0.39, 0.29) is 23.3 Å². The molecule has 0 saturated heterocycles. The number of rotatable bonds is 4. The normalized spacial score (nSPS) is 16.4. The number of halogens is 6. The average Bonchev–Trinajstić information content (AvgIpc) is 2.77. The Kier molecular flexibility index (Phi) is 5.62. The number of alkyl halides is 6. The Hall–Kier alpha value is -4.17. The van der Waals surface area contributed by atoms with Crippen LogP contribution in [-0.2, 0) is 6.18 Å². The lowest BCUT2D eigenvalue weighted by molar-refractivity contribution is -0.137. The zero-order chi connectivity index (χ0) is 24.7. The minimum absolute atomic E-state index is 0.0581. The van der Waals surface area contributed by atoms with Gasteiger partial charge in [-0.25, -0.2) is 15.0 Å². The van der Waals surface area contributed by atoms with Crippen LogP contribution >= 0.6 is 0 Å².